The molecule has 0 N–H and O–H groups in total. The van der Waals surface area contributed by atoms with E-state index in [0.29, 0.717) is 0 Å². The van der Waals surface area contributed by atoms with E-state index in [9.17, 15) is 0 Å². The van der Waals surface area contributed by atoms with Gasteiger partial charge in [-0.25, -0.2) is 0 Å². The van der Waals surface area contributed by atoms with Crippen molar-refractivity contribution in [3.05, 3.63) is 110 Å². The normalized spacial score (nSPS) is 25.7. The Morgan fingerprint density at radius 2 is 1.04 bits per heavy atom. The second-order valence-electron chi connectivity index (χ2n) is 6.36. The molecule has 4 aliphatic carbocycles. The minimum absolute atomic E-state index is 0.00616. The molecule has 24 heavy (non-hydrogen) atoms. The molecule has 0 aromatic heterocycles. The number of rotatable bonds is 2. The van der Waals surface area contributed by atoms with Crippen LogP contribution >= 0.6 is 17.0 Å². The predicted molar refractivity (Wildman–Crippen MR) is 98.7 cm³/mol. The van der Waals surface area contributed by atoms with Gasteiger partial charge in [0.25, 0.3) is 0 Å². The van der Waals surface area contributed by atoms with Crippen molar-refractivity contribution in [2.45, 2.75) is 13.8 Å². The molecule has 0 saturated heterocycles. The molecule has 2 fully saturated rings. The quantitative estimate of drug-likeness (QED) is 0.507. The zero-order valence-electron chi connectivity index (χ0n) is 13.7. The summed E-state index contributed by atoms with van der Waals surface area (Å²) in [5, 5.41) is 0. The van der Waals surface area contributed by atoms with Gasteiger partial charge >= 0.3 is 37.9 Å². The second-order valence-corrected chi connectivity index (χ2v) is 10.1. The van der Waals surface area contributed by atoms with Crippen molar-refractivity contribution in [1.82, 2.24) is 0 Å². The number of hydrogen-bond acceptors (Lipinski definition) is 0. The number of halogens is 2. The van der Waals surface area contributed by atoms with Crippen LogP contribution in [0.3, 0.4) is 0 Å². The Hall–Kier alpha value is 0.423. The summed E-state index contributed by atoms with van der Waals surface area (Å²) >= 11 is -0.826. The molecule has 4 aliphatic rings. The van der Waals surface area contributed by atoms with Crippen LogP contribution in [0.15, 0.2) is 48.6 Å². The first kappa shape index (κ1) is 19.2. The van der Waals surface area contributed by atoms with Crippen LogP contribution in [0.1, 0.15) is 13.8 Å². The van der Waals surface area contributed by atoms with Crippen molar-refractivity contribution in [1.29, 1.82) is 0 Å². The molecule has 0 bridgehead atoms. The van der Waals surface area contributed by atoms with Gasteiger partial charge in [0.2, 0.25) is 0 Å². The molecule has 0 aliphatic heterocycles. The van der Waals surface area contributed by atoms with Gasteiger partial charge in [-0.2, -0.15) is 0 Å². The fourth-order valence-corrected chi connectivity index (χ4v) is 3.54. The second kappa shape index (κ2) is 8.41. The summed E-state index contributed by atoms with van der Waals surface area (Å²) in [5.41, 5.74) is 0.00616. The van der Waals surface area contributed by atoms with Gasteiger partial charge in [-0.15, -0.1) is 0 Å². The van der Waals surface area contributed by atoms with Crippen molar-refractivity contribution in [2.75, 3.05) is 0 Å². The van der Waals surface area contributed by atoms with Gasteiger partial charge in [0.15, 0.2) is 0 Å². The van der Waals surface area contributed by atoms with Gasteiger partial charge in [0, 0.05) is 23.7 Å². The van der Waals surface area contributed by atoms with E-state index in [2.05, 4.69) is 88.1 Å². The van der Waals surface area contributed by atoms with Crippen LogP contribution in [0.4, 0.5) is 0 Å². The minimum atomic E-state index is -0.826. The maximum absolute atomic E-state index is 4.93. The van der Waals surface area contributed by atoms with E-state index >= 15 is 0 Å². The molecular weight excluding hydrogens is 414 g/mol. The first-order valence-corrected chi connectivity index (χ1v) is 14.2. The Morgan fingerprint density at radius 3 is 1.46 bits per heavy atom. The molecule has 4 rings (SSSR count). The monoisotopic (exact) mass is 430 g/mol. The number of allylic oxidation sites excluding steroid dienone is 8. The SMILES string of the molecule is CC(C)([C]1[CH][CH][C]2C=CC=C[C]21)[C]1[CH][CH][C]2C=CC=C[C]21.[Cl][Zr][Cl]. The van der Waals surface area contributed by atoms with Crippen LogP contribution in [0.2, 0.25) is 0 Å². The number of hydrogen-bond donors (Lipinski definition) is 0. The van der Waals surface area contributed by atoms with Crippen molar-refractivity contribution >= 4 is 17.0 Å². The molecule has 0 aromatic carbocycles. The zero-order valence-corrected chi connectivity index (χ0v) is 17.7. The Bertz CT molecular complexity index is 500. The third-order valence-electron chi connectivity index (χ3n) is 4.71. The van der Waals surface area contributed by atoms with Crippen LogP contribution in [-0.4, -0.2) is 0 Å². The van der Waals surface area contributed by atoms with Crippen molar-refractivity contribution < 1.29 is 20.8 Å². The average Bonchev–Trinajstić information content (AvgIpc) is 3.20. The van der Waals surface area contributed by atoms with Crippen molar-refractivity contribution in [3.63, 3.8) is 0 Å². The van der Waals surface area contributed by atoms with E-state index in [-0.39, 0.29) is 5.41 Å². The molecule has 0 spiro atoms. The molecule has 0 aromatic rings. The topological polar surface area (TPSA) is 0 Å². The molecule has 0 nitrogen and oxygen atoms in total. The van der Waals surface area contributed by atoms with Gasteiger partial charge < -0.3 is 0 Å². The summed E-state index contributed by atoms with van der Waals surface area (Å²) in [6.45, 7) is 4.66. The fourth-order valence-electron chi connectivity index (χ4n) is 3.54. The maximum atomic E-state index is 4.93. The third kappa shape index (κ3) is 3.74. The van der Waals surface area contributed by atoms with E-state index < -0.39 is 20.8 Å². The summed E-state index contributed by atoms with van der Waals surface area (Å²) in [5.74, 6) is 8.22. The Morgan fingerprint density at radius 1 is 0.667 bits per heavy atom. The Balaban J connectivity index is 0.000000526. The van der Waals surface area contributed by atoms with E-state index in [4.69, 9.17) is 17.0 Å². The van der Waals surface area contributed by atoms with Crippen LogP contribution in [0, 0.1) is 66.6 Å². The van der Waals surface area contributed by atoms with Gasteiger partial charge in [-0.1, -0.05) is 62.5 Å². The first-order chi connectivity index (χ1) is 11.6. The average molecular weight is 433 g/mol. The fraction of sp³-hybridized carbons (Fsp3) is 0.143. The van der Waals surface area contributed by atoms with Crippen molar-refractivity contribution in [3.8, 4) is 0 Å². The first-order valence-electron chi connectivity index (χ1n) is 7.85. The summed E-state index contributed by atoms with van der Waals surface area (Å²) in [6, 6.07) is 0. The van der Waals surface area contributed by atoms with E-state index in [1.165, 1.54) is 35.5 Å². The van der Waals surface area contributed by atoms with E-state index in [1.54, 1.807) is 0 Å². The van der Waals surface area contributed by atoms with Crippen molar-refractivity contribution in [2.24, 2.45) is 5.41 Å². The molecular formula is C21H18Cl2Zr. The summed E-state index contributed by atoms with van der Waals surface area (Å²) in [6.07, 6.45) is 26.4. The van der Waals surface area contributed by atoms with Crippen LogP contribution in [0.5, 0.6) is 0 Å². The van der Waals surface area contributed by atoms with E-state index in [0.717, 1.165) is 0 Å². The zero-order chi connectivity index (χ0) is 17.2. The molecule has 3 heteroatoms. The number of fused-ring (bicyclic) bond motifs is 2. The molecule has 120 valence electrons. The molecule has 0 heterocycles. The molecule has 10 radical (unpaired) electrons. The Labute approximate surface area is 166 Å². The predicted octanol–water partition coefficient (Wildman–Crippen LogP) is 5.93. The standard InChI is InChI=1S/C21H18.2ClH.Zr/c1-21(2,19-13-11-15-7-3-5-9-17(15)19)20-14-12-16-8-4-6-10-18(16)20;;;/h3-14H,1-2H3;2*1H;/q;;;+2/p-2. The van der Waals surface area contributed by atoms with Gasteiger partial charge in [0.05, 0.1) is 0 Å². The van der Waals surface area contributed by atoms with Crippen LogP contribution in [-0.2, 0) is 20.8 Å². The molecule has 0 unspecified atom stereocenters. The van der Waals surface area contributed by atoms with Crippen LogP contribution in [0.25, 0.3) is 0 Å². The van der Waals surface area contributed by atoms with E-state index in [1.807, 2.05) is 0 Å². The van der Waals surface area contributed by atoms with Gasteiger partial charge in [-0.05, 0) is 42.9 Å². The van der Waals surface area contributed by atoms with Gasteiger partial charge in [0.1, 0.15) is 0 Å². The third-order valence-corrected chi connectivity index (χ3v) is 4.71. The molecule has 0 atom stereocenters. The Kier molecular flexibility index (Phi) is 6.72. The molecule has 0 amide bonds. The summed E-state index contributed by atoms with van der Waals surface area (Å²) in [7, 11) is 9.87. The molecule has 2 saturated carbocycles. The van der Waals surface area contributed by atoms with Gasteiger partial charge in [-0.3, -0.25) is 0 Å². The summed E-state index contributed by atoms with van der Waals surface area (Å²) in [4.78, 5) is 0. The van der Waals surface area contributed by atoms with Crippen LogP contribution < -0.4 is 0 Å². The summed E-state index contributed by atoms with van der Waals surface area (Å²) < 4.78 is 0.